The highest BCUT2D eigenvalue weighted by atomic mass is 79.9. The molecule has 0 atom stereocenters. The first-order valence-electron chi connectivity index (χ1n) is 9.21. The summed E-state index contributed by atoms with van der Waals surface area (Å²) >= 11 is 3.38. The highest BCUT2D eigenvalue weighted by Gasteiger charge is 2.19. The maximum absolute atomic E-state index is 10.4. The monoisotopic (exact) mass is 432 g/mol. The predicted molar refractivity (Wildman–Crippen MR) is 108 cm³/mol. The number of nitrogens with one attached hydrogen (secondary N) is 1. The van der Waals surface area contributed by atoms with E-state index in [9.17, 15) is 4.79 Å². The van der Waals surface area contributed by atoms with Crippen molar-refractivity contribution in [3.8, 4) is 0 Å². The van der Waals surface area contributed by atoms with E-state index in [1.54, 1.807) is 13.1 Å². The molecular formula is C19H25BrN6O. The minimum absolute atomic E-state index is 0.426. The number of amides is 1. The number of aromatic amines is 1. The lowest BCUT2D eigenvalue weighted by Crippen LogP contribution is -2.15. The topological polar surface area (TPSA) is 102 Å². The van der Waals surface area contributed by atoms with Crippen LogP contribution in [0.15, 0.2) is 29.0 Å². The first-order chi connectivity index (χ1) is 12.9. The Balaban J connectivity index is 0.000000197. The molecule has 1 saturated carbocycles. The number of rotatable bonds is 3. The third-order valence-corrected chi connectivity index (χ3v) is 5.49. The van der Waals surface area contributed by atoms with Gasteiger partial charge in [-0.15, -0.1) is 0 Å². The van der Waals surface area contributed by atoms with Crippen LogP contribution >= 0.6 is 15.9 Å². The SMILES string of the molecule is CC1CCC(Cc2nc3nc(Br)ccc3[nH]2)CC1.Cn1nccc1C(N)=O. The van der Waals surface area contributed by atoms with Crippen LogP contribution in [0.1, 0.15) is 48.9 Å². The van der Waals surface area contributed by atoms with Gasteiger partial charge in [0.05, 0.1) is 5.52 Å². The fourth-order valence-electron chi connectivity index (χ4n) is 3.44. The molecule has 0 aliphatic heterocycles. The lowest BCUT2D eigenvalue weighted by molar-refractivity contribution is 0.0991. The van der Waals surface area contributed by atoms with Gasteiger partial charge in [-0.1, -0.05) is 19.8 Å². The van der Waals surface area contributed by atoms with Crippen LogP contribution in [-0.2, 0) is 13.5 Å². The van der Waals surface area contributed by atoms with E-state index in [1.807, 2.05) is 12.1 Å². The Bertz CT molecular complexity index is 910. The largest absolute Gasteiger partial charge is 0.364 e. The Labute approximate surface area is 166 Å². The van der Waals surface area contributed by atoms with Gasteiger partial charge in [0, 0.05) is 19.7 Å². The maximum atomic E-state index is 10.4. The summed E-state index contributed by atoms with van der Waals surface area (Å²) in [5.41, 5.74) is 7.25. The standard InChI is InChI=1S/C14H18BrN3.C5H7N3O/c1-9-2-4-10(5-3-9)8-13-16-11-6-7-12(15)17-14(11)18-13;1-8-4(5(6)9)2-3-7-8/h6-7,9-10H,2-5,8H2,1H3,(H,16,17,18);2-3H,1H3,(H2,6,9). The van der Waals surface area contributed by atoms with Gasteiger partial charge in [0.2, 0.25) is 0 Å². The van der Waals surface area contributed by atoms with Gasteiger partial charge in [-0.2, -0.15) is 5.10 Å². The third-order valence-electron chi connectivity index (χ3n) is 5.05. The van der Waals surface area contributed by atoms with E-state index in [4.69, 9.17) is 5.73 Å². The number of halogens is 1. The summed E-state index contributed by atoms with van der Waals surface area (Å²) in [7, 11) is 1.67. The van der Waals surface area contributed by atoms with Crippen LogP contribution in [0, 0.1) is 11.8 Å². The molecule has 1 fully saturated rings. The first kappa shape index (κ1) is 19.5. The molecule has 1 aliphatic rings. The number of aryl methyl sites for hydroxylation is 1. The van der Waals surface area contributed by atoms with E-state index in [2.05, 4.69) is 42.9 Å². The van der Waals surface area contributed by atoms with E-state index in [0.717, 1.165) is 39.8 Å². The number of hydrogen-bond acceptors (Lipinski definition) is 4. The Morgan fingerprint density at radius 1 is 1.26 bits per heavy atom. The molecule has 0 bridgehead atoms. The van der Waals surface area contributed by atoms with Crippen molar-refractivity contribution in [3.05, 3.63) is 40.5 Å². The van der Waals surface area contributed by atoms with Crippen molar-refractivity contribution in [1.29, 1.82) is 0 Å². The number of H-pyrrole nitrogens is 1. The molecule has 144 valence electrons. The molecule has 4 rings (SSSR count). The smallest absolute Gasteiger partial charge is 0.266 e. The van der Waals surface area contributed by atoms with E-state index in [-0.39, 0.29) is 0 Å². The summed E-state index contributed by atoms with van der Waals surface area (Å²) in [6.45, 7) is 2.36. The van der Waals surface area contributed by atoms with Crippen LogP contribution in [-0.4, -0.2) is 30.6 Å². The number of aromatic nitrogens is 5. The molecule has 0 spiro atoms. The molecule has 3 N–H and O–H groups in total. The minimum Gasteiger partial charge on any atom is -0.364 e. The lowest BCUT2D eigenvalue weighted by Gasteiger charge is -2.25. The minimum atomic E-state index is -0.449. The molecule has 1 amide bonds. The fourth-order valence-corrected chi connectivity index (χ4v) is 3.74. The molecule has 0 saturated heterocycles. The van der Waals surface area contributed by atoms with Crippen molar-refractivity contribution in [3.63, 3.8) is 0 Å². The van der Waals surface area contributed by atoms with Crippen LogP contribution < -0.4 is 5.73 Å². The summed E-state index contributed by atoms with van der Waals surface area (Å²) in [6, 6.07) is 5.56. The summed E-state index contributed by atoms with van der Waals surface area (Å²) in [5.74, 6) is 2.35. The van der Waals surface area contributed by atoms with E-state index < -0.39 is 5.91 Å². The Kier molecular flexibility index (Phi) is 6.26. The van der Waals surface area contributed by atoms with Crippen molar-refractivity contribution in [2.24, 2.45) is 24.6 Å². The normalized spacial score (nSPS) is 19.5. The van der Waals surface area contributed by atoms with Crippen molar-refractivity contribution >= 4 is 33.0 Å². The summed E-state index contributed by atoms with van der Waals surface area (Å²) in [4.78, 5) is 22.8. The van der Waals surface area contributed by atoms with Gasteiger partial charge in [-0.05, 0) is 58.8 Å². The zero-order chi connectivity index (χ0) is 19.4. The average molecular weight is 433 g/mol. The van der Waals surface area contributed by atoms with Crippen molar-refractivity contribution in [2.45, 2.75) is 39.0 Å². The van der Waals surface area contributed by atoms with Gasteiger partial charge in [-0.25, -0.2) is 9.97 Å². The predicted octanol–water partition coefficient (Wildman–Crippen LogP) is 3.61. The van der Waals surface area contributed by atoms with E-state index >= 15 is 0 Å². The molecule has 0 unspecified atom stereocenters. The quantitative estimate of drug-likeness (QED) is 0.616. The van der Waals surface area contributed by atoms with Gasteiger partial charge >= 0.3 is 0 Å². The number of hydrogen-bond donors (Lipinski definition) is 2. The zero-order valence-electron chi connectivity index (χ0n) is 15.7. The van der Waals surface area contributed by atoms with Crippen LogP contribution in [0.2, 0.25) is 0 Å². The van der Waals surface area contributed by atoms with Crippen LogP contribution in [0.3, 0.4) is 0 Å². The number of nitrogens with two attached hydrogens (primary N) is 1. The number of carbonyl (C=O) groups is 1. The number of pyridine rings is 1. The number of imidazole rings is 1. The highest BCUT2D eigenvalue weighted by Crippen LogP contribution is 2.30. The third kappa shape index (κ3) is 5.15. The first-order valence-corrected chi connectivity index (χ1v) is 10.0. The molecule has 1 aliphatic carbocycles. The second-order valence-corrected chi connectivity index (χ2v) is 8.04. The fraction of sp³-hybridized carbons (Fsp3) is 0.474. The van der Waals surface area contributed by atoms with E-state index in [0.29, 0.717) is 5.69 Å². The summed E-state index contributed by atoms with van der Waals surface area (Å²) < 4.78 is 2.28. The van der Waals surface area contributed by atoms with Crippen LogP contribution in [0.25, 0.3) is 11.2 Å². The van der Waals surface area contributed by atoms with Crippen LogP contribution in [0.5, 0.6) is 0 Å². The van der Waals surface area contributed by atoms with Gasteiger partial charge < -0.3 is 10.7 Å². The number of primary amides is 1. The molecule has 3 aromatic heterocycles. The molecule has 0 radical (unpaired) electrons. The highest BCUT2D eigenvalue weighted by molar-refractivity contribution is 9.10. The molecule has 8 heteroatoms. The molecule has 7 nitrogen and oxygen atoms in total. The second kappa shape index (κ2) is 8.65. The van der Waals surface area contributed by atoms with Gasteiger partial charge in [0.25, 0.3) is 5.91 Å². The Morgan fingerprint density at radius 2 is 2.00 bits per heavy atom. The van der Waals surface area contributed by atoms with Gasteiger partial charge in [0.1, 0.15) is 16.1 Å². The lowest BCUT2D eigenvalue weighted by atomic mass is 9.81. The molecule has 3 aromatic rings. The number of fused-ring (bicyclic) bond motifs is 1. The summed E-state index contributed by atoms with van der Waals surface area (Å²) in [6.07, 6.45) is 8.02. The van der Waals surface area contributed by atoms with Gasteiger partial charge in [0.15, 0.2) is 5.65 Å². The summed E-state index contributed by atoms with van der Waals surface area (Å²) in [5, 5.41) is 3.75. The zero-order valence-corrected chi connectivity index (χ0v) is 17.2. The molecule has 0 aromatic carbocycles. The molecule has 27 heavy (non-hydrogen) atoms. The van der Waals surface area contributed by atoms with Crippen molar-refractivity contribution in [2.75, 3.05) is 0 Å². The van der Waals surface area contributed by atoms with E-state index in [1.165, 1.54) is 36.6 Å². The second-order valence-electron chi connectivity index (χ2n) is 7.22. The number of carbonyl (C=O) groups excluding carboxylic acids is 1. The van der Waals surface area contributed by atoms with Crippen LogP contribution in [0.4, 0.5) is 0 Å². The van der Waals surface area contributed by atoms with Crippen molar-refractivity contribution < 1.29 is 4.79 Å². The number of nitrogens with zero attached hydrogens (tertiary/aromatic N) is 4. The van der Waals surface area contributed by atoms with Gasteiger partial charge in [-0.3, -0.25) is 9.48 Å². The Hall–Kier alpha value is -2.22. The Morgan fingerprint density at radius 3 is 2.59 bits per heavy atom. The molecular weight excluding hydrogens is 408 g/mol. The average Bonchev–Trinajstić information content (AvgIpc) is 3.22. The van der Waals surface area contributed by atoms with Crippen molar-refractivity contribution in [1.82, 2.24) is 24.7 Å². The molecule has 3 heterocycles. The maximum Gasteiger partial charge on any atom is 0.266 e.